The standard InChI is InChI=1S/C4H12N2O2S/c5-9(7,8)6-3-1-2-4-6/h7-8H,1-5H2. The molecule has 0 aromatic heterocycles. The summed E-state index contributed by atoms with van der Waals surface area (Å²) in [7, 11) is -2.87. The van der Waals surface area contributed by atoms with Crippen LogP contribution in [0.4, 0.5) is 0 Å². The van der Waals surface area contributed by atoms with Crippen LogP contribution < -0.4 is 5.14 Å². The molecule has 0 aromatic rings. The van der Waals surface area contributed by atoms with Crippen molar-refractivity contribution in [3.8, 4) is 0 Å². The molecular formula is C4H12N2O2S. The van der Waals surface area contributed by atoms with Crippen LogP contribution in [0.3, 0.4) is 0 Å². The quantitative estimate of drug-likeness (QED) is 0.515. The highest BCUT2D eigenvalue weighted by Gasteiger charge is 2.21. The molecule has 9 heavy (non-hydrogen) atoms. The van der Waals surface area contributed by atoms with Gasteiger partial charge in [-0.25, -0.2) is 5.14 Å². The van der Waals surface area contributed by atoms with Crippen molar-refractivity contribution in [1.82, 2.24) is 4.31 Å². The van der Waals surface area contributed by atoms with Gasteiger partial charge in [0.05, 0.1) is 0 Å². The van der Waals surface area contributed by atoms with Gasteiger partial charge in [-0.1, -0.05) is 11.0 Å². The Kier molecular flexibility index (Phi) is 1.97. The second-order valence-corrected chi connectivity index (χ2v) is 3.84. The normalized spacial score (nSPS) is 24.8. The number of nitrogens with zero attached hydrogens (tertiary/aromatic N) is 1. The average Bonchev–Trinajstić information content (AvgIpc) is 2.08. The van der Waals surface area contributed by atoms with Crippen molar-refractivity contribution < 1.29 is 9.11 Å². The van der Waals surface area contributed by atoms with E-state index in [9.17, 15) is 0 Å². The lowest BCUT2D eigenvalue weighted by molar-refractivity contribution is 0.388. The SMILES string of the molecule is NS(O)(O)N1CCCC1. The zero-order valence-electron chi connectivity index (χ0n) is 5.16. The Morgan fingerprint density at radius 3 is 1.89 bits per heavy atom. The first-order valence-corrected chi connectivity index (χ1v) is 4.48. The van der Waals surface area contributed by atoms with E-state index >= 15 is 0 Å². The van der Waals surface area contributed by atoms with Crippen LogP contribution in [0.25, 0.3) is 0 Å². The van der Waals surface area contributed by atoms with E-state index in [1.165, 1.54) is 4.31 Å². The summed E-state index contributed by atoms with van der Waals surface area (Å²) in [5, 5.41) is 5.06. The fraction of sp³-hybridized carbons (Fsp3) is 1.00. The van der Waals surface area contributed by atoms with Gasteiger partial charge in [-0.05, 0) is 12.8 Å². The summed E-state index contributed by atoms with van der Waals surface area (Å²) >= 11 is 0. The summed E-state index contributed by atoms with van der Waals surface area (Å²) in [5.74, 6) is 0. The molecule has 56 valence electrons. The molecular weight excluding hydrogens is 140 g/mol. The second kappa shape index (κ2) is 2.43. The number of rotatable bonds is 1. The molecule has 0 bridgehead atoms. The number of hydrogen-bond acceptors (Lipinski definition) is 4. The van der Waals surface area contributed by atoms with Crippen molar-refractivity contribution in [2.45, 2.75) is 12.8 Å². The molecule has 1 aliphatic heterocycles. The average molecular weight is 152 g/mol. The van der Waals surface area contributed by atoms with Crippen molar-refractivity contribution in [3.05, 3.63) is 0 Å². The second-order valence-electron chi connectivity index (χ2n) is 2.20. The molecule has 1 fully saturated rings. The topological polar surface area (TPSA) is 69.7 Å². The van der Waals surface area contributed by atoms with Crippen molar-refractivity contribution in [3.63, 3.8) is 0 Å². The maximum Gasteiger partial charge on any atom is 0.0192 e. The molecule has 1 aliphatic rings. The zero-order valence-corrected chi connectivity index (χ0v) is 5.97. The van der Waals surface area contributed by atoms with Crippen LogP contribution in [-0.2, 0) is 0 Å². The molecule has 1 saturated heterocycles. The van der Waals surface area contributed by atoms with Crippen molar-refractivity contribution in [1.29, 1.82) is 0 Å². The molecule has 0 saturated carbocycles. The van der Waals surface area contributed by atoms with Crippen LogP contribution in [0.5, 0.6) is 0 Å². The molecule has 4 nitrogen and oxygen atoms in total. The largest absolute Gasteiger partial charge is 0.273 e. The lowest BCUT2D eigenvalue weighted by Gasteiger charge is -2.35. The summed E-state index contributed by atoms with van der Waals surface area (Å²) in [6.45, 7) is 1.44. The molecule has 0 amide bonds. The molecule has 0 aliphatic carbocycles. The summed E-state index contributed by atoms with van der Waals surface area (Å²) < 4.78 is 19.2. The van der Waals surface area contributed by atoms with Gasteiger partial charge in [-0.15, -0.1) is 0 Å². The first kappa shape index (κ1) is 7.30. The summed E-state index contributed by atoms with van der Waals surface area (Å²) in [6, 6.07) is 0. The van der Waals surface area contributed by atoms with Crippen molar-refractivity contribution in [2.24, 2.45) is 5.14 Å². The summed E-state index contributed by atoms with van der Waals surface area (Å²) in [5.41, 5.74) is 0. The van der Waals surface area contributed by atoms with E-state index in [4.69, 9.17) is 14.2 Å². The van der Waals surface area contributed by atoms with Crippen molar-refractivity contribution >= 4 is 11.0 Å². The molecule has 4 N–H and O–H groups in total. The van der Waals surface area contributed by atoms with E-state index in [0.29, 0.717) is 0 Å². The van der Waals surface area contributed by atoms with Gasteiger partial charge in [0.2, 0.25) is 0 Å². The molecule has 0 unspecified atom stereocenters. The Balaban J connectivity index is 2.42. The maximum atomic E-state index is 8.86. The van der Waals surface area contributed by atoms with Crippen molar-refractivity contribution in [2.75, 3.05) is 13.1 Å². The molecule has 1 rings (SSSR count). The van der Waals surface area contributed by atoms with E-state index in [0.717, 1.165) is 25.9 Å². The van der Waals surface area contributed by atoms with Crippen LogP contribution in [0, 0.1) is 0 Å². The molecule has 0 aromatic carbocycles. The smallest absolute Gasteiger partial charge is 0.0192 e. The Morgan fingerprint density at radius 1 is 1.22 bits per heavy atom. The van der Waals surface area contributed by atoms with Gasteiger partial charge in [-0.2, -0.15) is 4.31 Å². The van der Waals surface area contributed by atoms with Gasteiger partial charge < -0.3 is 0 Å². The first-order valence-electron chi connectivity index (χ1n) is 2.92. The predicted octanol–water partition coefficient (Wildman–Crippen LogP) is 0.621. The fourth-order valence-corrected chi connectivity index (χ4v) is 1.75. The lowest BCUT2D eigenvalue weighted by Crippen LogP contribution is -2.29. The molecule has 1 heterocycles. The lowest BCUT2D eigenvalue weighted by atomic mass is 10.4. The van der Waals surface area contributed by atoms with Crippen LogP contribution in [0.1, 0.15) is 12.8 Å². The highest BCUT2D eigenvalue weighted by Crippen LogP contribution is 2.36. The Morgan fingerprint density at radius 2 is 1.67 bits per heavy atom. The third kappa shape index (κ3) is 1.80. The molecule has 0 spiro atoms. The van der Waals surface area contributed by atoms with Crippen LogP contribution in [-0.4, -0.2) is 26.5 Å². The van der Waals surface area contributed by atoms with Gasteiger partial charge in [0, 0.05) is 13.1 Å². The minimum atomic E-state index is -2.87. The minimum Gasteiger partial charge on any atom is -0.273 e. The highest BCUT2D eigenvalue weighted by atomic mass is 32.3. The number of hydrogen-bond donors (Lipinski definition) is 3. The van der Waals surface area contributed by atoms with E-state index in [-0.39, 0.29) is 0 Å². The van der Waals surface area contributed by atoms with E-state index in [1.807, 2.05) is 0 Å². The zero-order chi connectivity index (χ0) is 6.91. The van der Waals surface area contributed by atoms with Gasteiger partial charge in [0.1, 0.15) is 0 Å². The molecule has 0 radical (unpaired) electrons. The molecule has 5 heteroatoms. The van der Waals surface area contributed by atoms with Crippen LogP contribution in [0.15, 0.2) is 0 Å². The van der Waals surface area contributed by atoms with Crippen LogP contribution in [0.2, 0.25) is 0 Å². The number of nitrogens with two attached hydrogens (primary N) is 1. The van der Waals surface area contributed by atoms with Gasteiger partial charge in [0.15, 0.2) is 0 Å². The van der Waals surface area contributed by atoms with Gasteiger partial charge >= 0.3 is 0 Å². The third-order valence-electron chi connectivity index (χ3n) is 1.45. The Hall–Kier alpha value is 0.190. The Labute approximate surface area is 56.3 Å². The van der Waals surface area contributed by atoms with E-state index < -0.39 is 11.0 Å². The third-order valence-corrected chi connectivity index (χ3v) is 2.57. The van der Waals surface area contributed by atoms with Gasteiger partial charge in [0.25, 0.3) is 0 Å². The summed E-state index contributed by atoms with van der Waals surface area (Å²) in [6.07, 6.45) is 2.04. The van der Waals surface area contributed by atoms with E-state index in [1.54, 1.807) is 0 Å². The first-order chi connectivity index (χ1) is 4.11. The van der Waals surface area contributed by atoms with Gasteiger partial charge in [-0.3, -0.25) is 9.11 Å². The molecule has 0 atom stereocenters. The Bertz CT molecular complexity index is 97.2. The van der Waals surface area contributed by atoms with Crippen LogP contribution >= 0.6 is 11.0 Å². The fourth-order valence-electron chi connectivity index (χ4n) is 0.957. The van der Waals surface area contributed by atoms with E-state index in [2.05, 4.69) is 0 Å². The minimum absolute atomic E-state index is 0.721. The highest BCUT2D eigenvalue weighted by molar-refractivity contribution is 8.20. The summed E-state index contributed by atoms with van der Waals surface area (Å²) in [4.78, 5) is 0. The predicted molar refractivity (Wildman–Crippen MR) is 37.8 cm³/mol. The monoisotopic (exact) mass is 152 g/mol. The maximum absolute atomic E-state index is 8.86.